The van der Waals surface area contributed by atoms with Gasteiger partial charge < -0.3 is 10.3 Å². The van der Waals surface area contributed by atoms with Gasteiger partial charge in [0.05, 0.1) is 6.54 Å². The fourth-order valence-corrected chi connectivity index (χ4v) is 2.65. The molecule has 96 valence electrons. The van der Waals surface area contributed by atoms with E-state index in [1.54, 1.807) is 11.8 Å². The molecule has 0 atom stereocenters. The lowest BCUT2D eigenvalue weighted by atomic mass is 10.2. The van der Waals surface area contributed by atoms with E-state index in [4.69, 9.17) is 5.73 Å². The number of nitrogens with two attached hydrogens (primary N) is 1. The van der Waals surface area contributed by atoms with Crippen LogP contribution in [0.2, 0.25) is 0 Å². The van der Waals surface area contributed by atoms with Crippen LogP contribution in [0, 0.1) is 0 Å². The minimum absolute atomic E-state index is 0.459. The molecule has 0 aliphatic heterocycles. The van der Waals surface area contributed by atoms with E-state index >= 15 is 0 Å². The molecule has 1 aromatic heterocycles. The van der Waals surface area contributed by atoms with E-state index in [-0.39, 0.29) is 0 Å². The maximum atomic E-state index is 5.61. The maximum absolute atomic E-state index is 5.61. The predicted octanol–water partition coefficient (Wildman–Crippen LogP) is 2.60. The van der Waals surface area contributed by atoms with E-state index in [2.05, 4.69) is 28.3 Å². The molecule has 0 bridgehead atoms. The first-order valence-corrected chi connectivity index (χ1v) is 7.17. The molecule has 0 aromatic carbocycles. The topological polar surface area (TPSA) is 56.7 Å². The molecule has 1 rings (SSSR count). The monoisotopic (exact) mass is 254 g/mol. The summed E-state index contributed by atoms with van der Waals surface area (Å²) in [4.78, 5) is 0. The molecule has 0 fully saturated rings. The molecule has 2 N–H and O–H groups in total. The zero-order valence-corrected chi connectivity index (χ0v) is 11.4. The lowest BCUT2D eigenvalue weighted by molar-refractivity contribution is 0.642. The van der Waals surface area contributed by atoms with Crippen LogP contribution in [0.25, 0.3) is 0 Å². The highest BCUT2D eigenvalue weighted by molar-refractivity contribution is 7.99. The van der Waals surface area contributed by atoms with Crippen LogP contribution in [0.4, 0.5) is 0 Å². The van der Waals surface area contributed by atoms with E-state index < -0.39 is 0 Å². The van der Waals surface area contributed by atoms with Crippen LogP contribution in [0.1, 0.15) is 38.4 Å². The highest BCUT2D eigenvalue weighted by atomic mass is 32.2. The Morgan fingerprint density at radius 2 is 2.18 bits per heavy atom. The van der Waals surface area contributed by atoms with Crippen molar-refractivity contribution in [3.05, 3.63) is 18.5 Å². The third kappa shape index (κ3) is 4.52. The van der Waals surface area contributed by atoms with Gasteiger partial charge in [0.1, 0.15) is 5.82 Å². The van der Waals surface area contributed by atoms with E-state index in [0.717, 1.165) is 29.7 Å². The number of rotatable bonds is 9. The Kier molecular flexibility index (Phi) is 6.96. The molecule has 1 heterocycles. The Labute approximate surface area is 108 Å². The number of hydrogen-bond donors (Lipinski definition) is 1. The molecule has 0 spiro atoms. The zero-order chi connectivity index (χ0) is 12.5. The van der Waals surface area contributed by atoms with Crippen LogP contribution in [0.3, 0.4) is 0 Å². The Balaban J connectivity index is 2.31. The third-order valence-electron chi connectivity index (χ3n) is 2.58. The molecule has 0 saturated heterocycles. The molecule has 4 nitrogen and oxygen atoms in total. The summed E-state index contributed by atoms with van der Waals surface area (Å²) in [5.74, 6) is 1.97. The quantitative estimate of drug-likeness (QED) is 0.418. The number of nitrogens with zero attached hydrogens (tertiary/aromatic N) is 3. The van der Waals surface area contributed by atoms with Crippen molar-refractivity contribution in [3.8, 4) is 0 Å². The van der Waals surface area contributed by atoms with Gasteiger partial charge >= 0.3 is 0 Å². The van der Waals surface area contributed by atoms with Gasteiger partial charge in [0.25, 0.3) is 0 Å². The summed E-state index contributed by atoms with van der Waals surface area (Å²) < 4.78 is 2.09. The summed E-state index contributed by atoms with van der Waals surface area (Å²) in [5.41, 5.74) is 5.61. The van der Waals surface area contributed by atoms with Gasteiger partial charge in [-0.1, -0.05) is 24.3 Å². The second-order valence-electron chi connectivity index (χ2n) is 3.83. The smallest absolute Gasteiger partial charge is 0.191 e. The number of hydrogen-bond acceptors (Lipinski definition) is 4. The number of aromatic nitrogens is 3. The number of allylic oxidation sites excluding steroid dienone is 1. The van der Waals surface area contributed by atoms with E-state index in [1.807, 2.05) is 6.08 Å². The van der Waals surface area contributed by atoms with Crippen molar-refractivity contribution in [2.75, 3.05) is 5.75 Å². The Hall–Kier alpha value is -0.810. The van der Waals surface area contributed by atoms with Crippen LogP contribution in [-0.4, -0.2) is 20.5 Å². The van der Waals surface area contributed by atoms with Crippen molar-refractivity contribution < 1.29 is 0 Å². The predicted molar refractivity (Wildman–Crippen MR) is 73.0 cm³/mol. The van der Waals surface area contributed by atoms with Gasteiger partial charge in [0, 0.05) is 12.3 Å². The Morgan fingerprint density at radius 3 is 2.82 bits per heavy atom. The van der Waals surface area contributed by atoms with E-state index in [1.165, 1.54) is 19.3 Å². The second kappa shape index (κ2) is 8.31. The Bertz CT molecular complexity index is 335. The second-order valence-corrected chi connectivity index (χ2v) is 4.90. The van der Waals surface area contributed by atoms with Crippen molar-refractivity contribution in [3.63, 3.8) is 0 Å². The van der Waals surface area contributed by atoms with Gasteiger partial charge in [-0.25, -0.2) is 0 Å². The van der Waals surface area contributed by atoms with E-state index in [0.29, 0.717) is 6.54 Å². The van der Waals surface area contributed by atoms with Gasteiger partial charge in [0.2, 0.25) is 0 Å². The molecule has 5 heteroatoms. The molecule has 0 amide bonds. The normalized spacial score (nSPS) is 10.7. The van der Waals surface area contributed by atoms with Gasteiger partial charge in [-0.15, -0.1) is 16.8 Å². The molecule has 17 heavy (non-hydrogen) atoms. The molecule has 0 saturated carbocycles. The number of unbranched alkanes of at least 4 members (excludes halogenated alkanes) is 3. The molecular formula is C12H22N4S. The molecule has 1 aromatic rings. The van der Waals surface area contributed by atoms with Crippen molar-refractivity contribution in [2.24, 2.45) is 5.73 Å². The summed E-state index contributed by atoms with van der Waals surface area (Å²) >= 11 is 1.77. The average molecular weight is 254 g/mol. The van der Waals surface area contributed by atoms with Gasteiger partial charge in [-0.2, -0.15) is 0 Å². The molecule has 0 aliphatic rings. The first-order chi connectivity index (χ1) is 8.33. The highest BCUT2D eigenvalue weighted by Gasteiger charge is 2.08. The largest absolute Gasteiger partial charge is 0.324 e. The van der Waals surface area contributed by atoms with Crippen molar-refractivity contribution in [2.45, 2.75) is 50.9 Å². The lowest BCUT2D eigenvalue weighted by Gasteiger charge is -2.05. The lowest BCUT2D eigenvalue weighted by Crippen LogP contribution is -2.08. The summed E-state index contributed by atoms with van der Waals surface area (Å²) in [6.07, 6.45) is 6.80. The maximum Gasteiger partial charge on any atom is 0.191 e. The van der Waals surface area contributed by atoms with Crippen LogP contribution in [-0.2, 0) is 13.1 Å². The van der Waals surface area contributed by atoms with Gasteiger partial charge in [0.15, 0.2) is 5.16 Å². The fourth-order valence-electron chi connectivity index (χ4n) is 1.63. The van der Waals surface area contributed by atoms with Crippen molar-refractivity contribution in [1.29, 1.82) is 0 Å². The average Bonchev–Trinajstić information content (AvgIpc) is 2.75. The molecule has 0 unspecified atom stereocenters. The minimum Gasteiger partial charge on any atom is -0.324 e. The van der Waals surface area contributed by atoms with Crippen LogP contribution >= 0.6 is 11.8 Å². The van der Waals surface area contributed by atoms with Gasteiger partial charge in [-0.05, 0) is 26.2 Å². The summed E-state index contributed by atoms with van der Waals surface area (Å²) in [6, 6.07) is 0. The van der Waals surface area contributed by atoms with E-state index in [9.17, 15) is 0 Å². The Morgan fingerprint density at radius 1 is 1.35 bits per heavy atom. The molecule has 0 radical (unpaired) electrons. The van der Waals surface area contributed by atoms with Crippen LogP contribution in [0.5, 0.6) is 0 Å². The standard InChI is InChI=1S/C12H22N4S/c1-3-5-6-7-8-9-17-12-15-14-11(10-13)16(12)4-2/h3H,1,4-10,13H2,2H3. The SMILES string of the molecule is C=CCCCCCSc1nnc(CN)n1CC. The van der Waals surface area contributed by atoms with Crippen LogP contribution in [0.15, 0.2) is 17.8 Å². The zero-order valence-electron chi connectivity index (χ0n) is 10.6. The van der Waals surface area contributed by atoms with Crippen molar-refractivity contribution in [1.82, 2.24) is 14.8 Å². The first-order valence-electron chi connectivity index (χ1n) is 6.19. The van der Waals surface area contributed by atoms with Crippen LogP contribution < -0.4 is 5.73 Å². The van der Waals surface area contributed by atoms with Crippen molar-refractivity contribution >= 4 is 11.8 Å². The fraction of sp³-hybridized carbons (Fsp3) is 0.667. The minimum atomic E-state index is 0.459. The van der Waals surface area contributed by atoms with Gasteiger partial charge in [-0.3, -0.25) is 0 Å². The first kappa shape index (κ1) is 14.3. The summed E-state index contributed by atoms with van der Waals surface area (Å²) in [5, 5.41) is 9.26. The summed E-state index contributed by atoms with van der Waals surface area (Å²) in [7, 11) is 0. The molecular weight excluding hydrogens is 232 g/mol. The molecule has 0 aliphatic carbocycles. The summed E-state index contributed by atoms with van der Waals surface area (Å²) in [6.45, 7) is 7.16. The third-order valence-corrected chi connectivity index (χ3v) is 3.63. The highest BCUT2D eigenvalue weighted by Crippen LogP contribution is 2.18. The number of thioether (sulfide) groups is 1.